The van der Waals surface area contributed by atoms with Crippen molar-refractivity contribution in [3.05, 3.63) is 0 Å². The van der Waals surface area contributed by atoms with Crippen LogP contribution in [-0.4, -0.2) is 23.9 Å². The summed E-state index contributed by atoms with van der Waals surface area (Å²) in [5.41, 5.74) is 0.532. The van der Waals surface area contributed by atoms with E-state index in [-0.39, 0.29) is 6.10 Å². The summed E-state index contributed by atoms with van der Waals surface area (Å²) in [6.45, 7) is 9.39. The van der Waals surface area contributed by atoms with Crippen molar-refractivity contribution in [3.8, 4) is 0 Å². The van der Waals surface area contributed by atoms with E-state index >= 15 is 0 Å². The van der Waals surface area contributed by atoms with Crippen LogP contribution in [0.25, 0.3) is 0 Å². The van der Waals surface area contributed by atoms with E-state index < -0.39 is 0 Å². The molecule has 2 nitrogen and oxygen atoms in total. The first kappa shape index (κ1) is 11.4. The van der Waals surface area contributed by atoms with Crippen molar-refractivity contribution in [2.75, 3.05) is 6.61 Å². The second-order valence-electron chi connectivity index (χ2n) is 6.18. The van der Waals surface area contributed by atoms with Crippen LogP contribution in [0.2, 0.25) is 0 Å². The molecule has 0 saturated heterocycles. The SMILES string of the molecule is CC(O)COC1CC2CC(C1C)C2(C)C. The summed E-state index contributed by atoms with van der Waals surface area (Å²) in [5, 5.41) is 9.22. The second kappa shape index (κ2) is 3.74. The average molecular weight is 212 g/mol. The number of ether oxygens (including phenoxy) is 1. The van der Waals surface area contributed by atoms with Crippen molar-refractivity contribution in [1.82, 2.24) is 0 Å². The van der Waals surface area contributed by atoms with Gasteiger partial charge >= 0.3 is 0 Å². The van der Waals surface area contributed by atoms with E-state index in [1.165, 1.54) is 12.8 Å². The summed E-state index contributed by atoms with van der Waals surface area (Å²) in [4.78, 5) is 0. The molecule has 2 bridgehead atoms. The minimum absolute atomic E-state index is 0.330. The Morgan fingerprint density at radius 3 is 2.53 bits per heavy atom. The fourth-order valence-electron chi connectivity index (χ4n) is 3.59. The smallest absolute Gasteiger partial charge is 0.0745 e. The van der Waals surface area contributed by atoms with Crippen molar-refractivity contribution in [3.63, 3.8) is 0 Å². The van der Waals surface area contributed by atoms with Crippen LogP contribution in [0, 0.1) is 23.2 Å². The molecule has 0 aromatic carbocycles. The number of hydrogen-bond donors (Lipinski definition) is 1. The maximum atomic E-state index is 9.22. The molecule has 3 aliphatic rings. The van der Waals surface area contributed by atoms with Gasteiger partial charge in [-0.3, -0.25) is 0 Å². The van der Waals surface area contributed by atoms with Crippen LogP contribution in [-0.2, 0) is 4.74 Å². The number of aliphatic hydroxyl groups excluding tert-OH is 1. The first-order valence-electron chi connectivity index (χ1n) is 6.22. The predicted octanol–water partition coefficient (Wildman–Crippen LogP) is 2.45. The molecular formula is C13H24O2. The molecule has 0 amide bonds. The number of fused-ring (bicyclic) bond motifs is 2. The lowest BCUT2D eigenvalue weighted by Gasteiger charge is -2.61. The molecule has 3 fully saturated rings. The summed E-state index contributed by atoms with van der Waals surface area (Å²) in [6, 6.07) is 0. The zero-order valence-electron chi connectivity index (χ0n) is 10.4. The number of aliphatic hydroxyl groups is 1. The van der Waals surface area contributed by atoms with Crippen LogP contribution in [0.3, 0.4) is 0 Å². The van der Waals surface area contributed by atoms with Gasteiger partial charge in [0.2, 0.25) is 0 Å². The second-order valence-corrected chi connectivity index (χ2v) is 6.18. The first-order valence-corrected chi connectivity index (χ1v) is 6.22. The van der Waals surface area contributed by atoms with Gasteiger partial charge in [-0.1, -0.05) is 20.8 Å². The fraction of sp³-hybridized carbons (Fsp3) is 1.00. The van der Waals surface area contributed by atoms with Crippen LogP contribution in [0.4, 0.5) is 0 Å². The first-order chi connectivity index (χ1) is 6.93. The molecule has 5 atom stereocenters. The van der Waals surface area contributed by atoms with Gasteiger partial charge in [-0.05, 0) is 42.9 Å². The molecule has 0 aromatic heterocycles. The average Bonchev–Trinajstić information content (AvgIpc) is 2.15. The number of hydrogen-bond acceptors (Lipinski definition) is 2. The monoisotopic (exact) mass is 212 g/mol. The topological polar surface area (TPSA) is 29.5 Å². The number of rotatable bonds is 3. The molecule has 0 spiro atoms. The molecule has 3 saturated carbocycles. The van der Waals surface area contributed by atoms with Crippen LogP contribution in [0.15, 0.2) is 0 Å². The van der Waals surface area contributed by atoms with Crippen molar-refractivity contribution >= 4 is 0 Å². The van der Waals surface area contributed by atoms with E-state index in [0.717, 1.165) is 11.8 Å². The zero-order chi connectivity index (χ0) is 11.2. The molecule has 0 aromatic rings. The Morgan fingerprint density at radius 1 is 1.40 bits per heavy atom. The van der Waals surface area contributed by atoms with Crippen molar-refractivity contribution in [2.24, 2.45) is 23.2 Å². The highest BCUT2D eigenvalue weighted by molar-refractivity contribution is 5.05. The molecule has 2 heteroatoms. The van der Waals surface area contributed by atoms with Gasteiger partial charge in [-0.2, -0.15) is 0 Å². The molecule has 0 heterocycles. The third-order valence-electron chi connectivity index (χ3n) is 4.84. The van der Waals surface area contributed by atoms with Crippen LogP contribution in [0.5, 0.6) is 0 Å². The van der Waals surface area contributed by atoms with E-state index in [0.29, 0.717) is 24.0 Å². The van der Waals surface area contributed by atoms with Gasteiger partial charge in [0.25, 0.3) is 0 Å². The summed E-state index contributed by atoms with van der Waals surface area (Å²) in [7, 11) is 0. The van der Waals surface area contributed by atoms with E-state index in [2.05, 4.69) is 20.8 Å². The largest absolute Gasteiger partial charge is 0.391 e. The Labute approximate surface area is 93.0 Å². The van der Waals surface area contributed by atoms with Crippen molar-refractivity contribution < 1.29 is 9.84 Å². The Bertz CT molecular complexity index is 235. The predicted molar refractivity (Wildman–Crippen MR) is 60.6 cm³/mol. The highest BCUT2D eigenvalue weighted by Crippen LogP contribution is 2.61. The van der Waals surface area contributed by atoms with Crippen LogP contribution in [0.1, 0.15) is 40.5 Å². The maximum Gasteiger partial charge on any atom is 0.0745 e. The third kappa shape index (κ3) is 1.83. The fourth-order valence-corrected chi connectivity index (χ4v) is 3.59. The molecular weight excluding hydrogens is 188 g/mol. The maximum absolute atomic E-state index is 9.22. The summed E-state index contributed by atoms with van der Waals surface area (Å²) in [6.07, 6.45) is 2.64. The van der Waals surface area contributed by atoms with Gasteiger partial charge in [0.05, 0.1) is 18.8 Å². The van der Waals surface area contributed by atoms with Gasteiger partial charge in [-0.15, -0.1) is 0 Å². The molecule has 0 radical (unpaired) electrons. The van der Waals surface area contributed by atoms with Crippen LogP contribution < -0.4 is 0 Å². The summed E-state index contributed by atoms with van der Waals surface area (Å²) in [5.74, 6) is 2.33. The van der Waals surface area contributed by atoms with Gasteiger partial charge in [-0.25, -0.2) is 0 Å². The van der Waals surface area contributed by atoms with Gasteiger partial charge in [0.15, 0.2) is 0 Å². The standard InChI is InChI=1S/C13H24O2/c1-8(14)7-15-12-6-10-5-11(9(12)2)13(10,3)4/h8-12,14H,5-7H2,1-4H3. The van der Waals surface area contributed by atoms with E-state index in [1.54, 1.807) is 6.92 Å². The minimum Gasteiger partial charge on any atom is -0.391 e. The highest BCUT2D eigenvalue weighted by Gasteiger charge is 2.56. The quantitative estimate of drug-likeness (QED) is 0.778. The zero-order valence-corrected chi connectivity index (χ0v) is 10.4. The Kier molecular flexibility index (Phi) is 2.85. The molecule has 3 aliphatic carbocycles. The third-order valence-corrected chi connectivity index (χ3v) is 4.84. The van der Waals surface area contributed by atoms with E-state index in [1.807, 2.05) is 0 Å². The normalized spacial score (nSPS) is 44.6. The van der Waals surface area contributed by atoms with E-state index in [9.17, 15) is 5.11 Å². The Hall–Kier alpha value is -0.0800. The van der Waals surface area contributed by atoms with Crippen LogP contribution >= 0.6 is 0 Å². The Balaban J connectivity index is 1.91. The molecule has 1 N–H and O–H groups in total. The lowest BCUT2D eigenvalue weighted by atomic mass is 9.45. The van der Waals surface area contributed by atoms with Gasteiger partial charge < -0.3 is 9.84 Å². The summed E-state index contributed by atoms with van der Waals surface area (Å²) < 4.78 is 5.80. The lowest BCUT2D eigenvalue weighted by Crippen LogP contribution is -2.57. The van der Waals surface area contributed by atoms with Gasteiger partial charge in [0, 0.05) is 0 Å². The molecule has 3 rings (SSSR count). The molecule has 0 aliphatic heterocycles. The van der Waals surface area contributed by atoms with Gasteiger partial charge in [0.1, 0.15) is 0 Å². The van der Waals surface area contributed by atoms with Crippen molar-refractivity contribution in [1.29, 1.82) is 0 Å². The molecule has 15 heavy (non-hydrogen) atoms. The van der Waals surface area contributed by atoms with Crippen molar-refractivity contribution in [2.45, 2.75) is 52.7 Å². The Morgan fingerprint density at radius 2 is 2.07 bits per heavy atom. The summed E-state index contributed by atoms with van der Waals surface area (Å²) >= 11 is 0. The van der Waals surface area contributed by atoms with E-state index in [4.69, 9.17) is 4.74 Å². The minimum atomic E-state index is -0.330. The molecule has 88 valence electrons. The molecule has 5 unspecified atom stereocenters. The lowest BCUT2D eigenvalue weighted by molar-refractivity contribution is -0.177. The highest BCUT2D eigenvalue weighted by atomic mass is 16.5.